The lowest BCUT2D eigenvalue weighted by molar-refractivity contribution is -0.127. The second kappa shape index (κ2) is 8.95. The van der Waals surface area contributed by atoms with Crippen molar-refractivity contribution in [3.8, 4) is 0 Å². The number of alkyl halides is 1. The molecule has 1 aliphatic carbocycles. The van der Waals surface area contributed by atoms with E-state index in [4.69, 9.17) is 13.6 Å². The Labute approximate surface area is 196 Å². The standard InChI is InChI=1S/C24H26BFN3OPS/c1-3-22(30)29-12-20(18-10-14(2)32-21(18)13-29)17-7-5-4-6-16(17)19(11-28-15-8-9-15)23(27)24(25,26)31/h3-7,10-11,15,20H,1,8-9,12-13,27,31H2,2H3. The van der Waals surface area contributed by atoms with Gasteiger partial charge in [-0.1, -0.05) is 30.8 Å². The number of halogens is 1. The van der Waals surface area contributed by atoms with Crippen LogP contribution < -0.4 is 5.73 Å². The first-order chi connectivity index (χ1) is 15.2. The molecular formula is C24H26BFN3OPS. The summed E-state index contributed by atoms with van der Waals surface area (Å²) in [7, 11) is 7.68. The molecule has 2 N–H and O–H groups in total. The van der Waals surface area contributed by atoms with Gasteiger partial charge in [0.2, 0.25) is 5.91 Å². The second-order valence-electron chi connectivity index (χ2n) is 8.40. The summed E-state index contributed by atoms with van der Waals surface area (Å²) in [5.41, 5.74) is 9.54. The van der Waals surface area contributed by atoms with Crippen molar-refractivity contribution in [3.05, 3.63) is 75.1 Å². The maximum atomic E-state index is 14.7. The molecule has 2 aliphatic rings. The van der Waals surface area contributed by atoms with E-state index in [1.807, 2.05) is 33.5 Å². The number of hydrogen-bond donors (Lipinski definition) is 1. The van der Waals surface area contributed by atoms with Crippen molar-refractivity contribution in [1.82, 2.24) is 4.90 Å². The van der Waals surface area contributed by atoms with Gasteiger partial charge in [-0.3, -0.25) is 9.79 Å². The van der Waals surface area contributed by atoms with Crippen LogP contribution in [0.5, 0.6) is 0 Å². The summed E-state index contributed by atoms with van der Waals surface area (Å²) >= 11 is 1.69. The number of benzene rings is 1. The molecule has 0 bridgehead atoms. The number of aliphatic imine (C=N–C) groups is 1. The highest BCUT2D eigenvalue weighted by Gasteiger charge is 2.33. The second-order valence-corrected chi connectivity index (χ2v) is 10.6. The van der Waals surface area contributed by atoms with Crippen molar-refractivity contribution < 1.29 is 9.18 Å². The monoisotopic (exact) mass is 465 g/mol. The fraction of sp³-hybridized carbons (Fsp3) is 0.333. The predicted octanol–water partition coefficient (Wildman–Crippen LogP) is 4.29. The Kier molecular flexibility index (Phi) is 6.42. The molecule has 1 fully saturated rings. The summed E-state index contributed by atoms with van der Waals surface area (Å²) in [6, 6.07) is 10.2. The third-order valence-electron chi connectivity index (χ3n) is 5.85. The molecule has 3 unspecified atom stereocenters. The van der Waals surface area contributed by atoms with Gasteiger partial charge >= 0.3 is 0 Å². The minimum absolute atomic E-state index is 0.0859. The van der Waals surface area contributed by atoms with Crippen LogP contribution in [0.2, 0.25) is 0 Å². The van der Waals surface area contributed by atoms with Gasteiger partial charge < -0.3 is 10.6 Å². The number of hydrogen-bond acceptors (Lipinski definition) is 4. The average Bonchev–Trinajstić information content (AvgIpc) is 3.51. The maximum Gasteiger partial charge on any atom is 0.246 e. The van der Waals surface area contributed by atoms with Crippen LogP contribution in [0.1, 0.15) is 45.2 Å². The van der Waals surface area contributed by atoms with E-state index in [9.17, 15) is 9.18 Å². The quantitative estimate of drug-likeness (QED) is 0.300. The third-order valence-corrected chi connectivity index (χ3v) is 7.22. The van der Waals surface area contributed by atoms with Crippen LogP contribution in [-0.2, 0) is 11.3 Å². The molecule has 1 saturated carbocycles. The van der Waals surface area contributed by atoms with Crippen molar-refractivity contribution in [2.75, 3.05) is 6.54 Å². The fourth-order valence-corrected chi connectivity index (χ4v) is 5.33. The summed E-state index contributed by atoms with van der Waals surface area (Å²) in [5, 5.41) is -2.26. The maximum absolute atomic E-state index is 14.7. The first-order valence-corrected chi connectivity index (χ1v) is 12.0. The molecule has 2 heterocycles. The molecule has 1 aromatic heterocycles. The zero-order chi connectivity index (χ0) is 23.0. The lowest BCUT2D eigenvalue weighted by atomic mass is 9.82. The fourth-order valence-electron chi connectivity index (χ4n) is 4.06. The number of nitrogens with two attached hydrogens (primary N) is 1. The Morgan fingerprint density at radius 2 is 2.12 bits per heavy atom. The highest BCUT2D eigenvalue weighted by atomic mass is 32.1. The summed E-state index contributed by atoms with van der Waals surface area (Å²) < 4.78 is 14.7. The normalized spacial score (nSPS) is 21.1. The number of allylic oxidation sites excluding steroid dienone is 2. The highest BCUT2D eigenvalue weighted by Crippen LogP contribution is 2.41. The molecule has 1 amide bonds. The molecule has 1 aliphatic heterocycles. The van der Waals surface area contributed by atoms with Gasteiger partial charge in [-0.2, -0.15) is 0 Å². The van der Waals surface area contributed by atoms with E-state index in [0.29, 0.717) is 18.7 Å². The largest absolute Gasteiger partial charge is 0.399 e. The van der Waals surface area contributed by atoms with Crippen molar-refractivity contribution in [1.29, 1.82) is 0 Å². The number of aryl methyl sites for hydroxylation is 1. The Morgan fingerprint density at radius 3 is 2.78 bits per heavy atom. The van der Waals surface area contributed by atoms with Crippen LogP contribution in [0.25, 0.3) is 5.57 Å². The van der Waals surface area contributed by atoms with Crippen LogP contribution in [-0.4, -0.2) is 42.8 Å². The molecular weight excluding hydrogens is 439 g/mol. The van der Waals surface area contributed by atoms with Gasteiger partial charge in [0, 0.05) is 39.7 Å². The first-order valence-electron chi connectivity index (χ1n) is 10.6. The number of nitrogens with zero attached hydrogens (tertiary/aromatic N) is 2. The Balaban J connectivity index is 1.86. The van der Waals surface area contributed by atoms with E-state index >= 15 is 0 Å². The highest BCUT2D eigenvalue weighted by molar-refractivity contribution is 7.22. The van der Waals surface area contributed by atoms with E-state index in [1.54, 1.807) is 22.5 Å². The van der Waals surface area contributed by atoms with Crippen LogP contribution >= 0.6 is 20.6 Å². The summed E-state index contributed by atoms with van der Waals surface area (Å²) in [6.07, 6.45) is 5.05. The summed E-state index contributed by atoms with van der Waals surface area (Å²) in [5.74, 6) is -0.193. The number of thiophene rings is 1. The molecule has 4 rings (SSSR count). The van der Waals surface area contributed by atoms with Crippen molar-refractivity contribution >= 4 is 46.1 Å². The molecule has 0 saturated heterocycles. The van der Waals surface area contributed by atoms with Gasteiger partial charge in [-0.25, -0.2) is 4.39 Å². The van der Waals surface area contributed by atoms with Crippen LogP contribution in [0.15, 0.2) is 53.7 Å². The minimum Gasteiger partial charge on any atom is -0.399 e. The van der Waals surface area contributed by atoms with E-state index < -0.39 is 5.31 Å². The Morgan fingerprint density at radius 1 is 1.41 bits per heavy atom. The zero-order valence-electron chi connectivity index (χ0n) is 18.1. The van der Waals surface area contributed by atoms with E-state index in [0.717, 1.165) is 28.8 Å². The Hall–Kier alpha value is -2.24. The molecule has 164 valence electrons. The third kappa shape index (κ3) is 4.74. The first kappa shape index (κ1) is 22.9. The van der Waals surface area contributed by atoms with Gasteiger partial charge in [-0.15, -0.1) is 20.6 Å². The lowest BCUT2D eigenvalue weighted by Gasteiger charge is -2.34. The minimum atomic E-state index is -2.26. The number of rotatable bonds is 6. The zero-order valence-corrected chi connectivity index (χ0v) is 20.0. The Bertz CT molecular complexity index is 1120. The van der Waals surface area contributed by atoms with Gasteiger partial charge in [0.15, 0.2) is 0 Å². The van der Waals surface area contributed by atoms with Gasteiger partial charge in [0.05, 0.1) is 12.6 Å². The predicted molar refractivity (Wildman–Crippen MR) is 135 cm³/mol. The van der Waals surface area contributed by atoms with Gasteiger partial charge in [0.25, 0.3) is 0 Å². The molecule has 1 aromatic carbocycles. The molecule has 2 radical (unpaired) electrons. The van der Waals surface area contributed by atoms with E-state index in [2.05, 4.69) is 24.6 Å². The van der Waals surface area contributed by atoms with Crippen LogP contribution in [0.4, 0.5) is 4.39 Å². The van der Waals surface area contributed by atoms with Crippen LogP contribution in [0.3, 0.4) is 0 Å². The number of fused-ring (bicyclic) bond motifs is 1. The summed E-state index contributed by atoms with van der Waals surface area (Å²) in [4.78, 5) is 21.2. The molecule has 0 spiro atoms. The summed E-state index contributed by atoms with van der Waals surface area (Å²) in [6.45, 7) is 6.78. The molecule has 8 heteroatoms. The SMILES string of the molecule is [B]C(F)(P)C(N)=C(C=NC1CC1)c1ccccc1C1CN(C(=O)C=C)Cc2sc(C)cc21. The van der Waals surface area contributed by atoms with E-state index in [-0.39, 0.29) is 23.6 Å². The molecule has 32 heavy (non-hydrogen) atoms. The van der Waals surface area contributed by atoms with Gasteiger partial charge in [0.1, 0.15) is 13.2 Å². The van der Waals surface area contributed by atoms with Crippen molar-refractivity contribution in [3.63, 3.8) is 0 Å². The molecule has 4 nitrogen and oxygen atoms in total. The molecule has 2 aromatic rings. The van der Waals surface area contributed by atoms with E-state index in [1.165, 1.54) is 16.5 Å². The number of carbonyl (C=O) groups is 1. The smallest absolute Gasteiger partial charge is 0.246 e. The average molecular weight is 465 g/mol. The lowest BCUT2D eigenvalue weighted by Crippen LogP contribution is -2.37. The van der Waals surface area contributed by atoms with Gasteiger partial charge in [-0.05, 0) is 48.6 Å². The van der Waals surface area contributed by atoms with Crippen LogP contribution in [0, 0.1) is 6.92 Å². The van der Waals surface area contributed by atoms with Crippen molar-refractivity contribution in [2.45, 2.75) is 43.6 Å². The number of amides is 1. The number of carbonyl (C=O) groups excluding carboxylic acids is 1. The van der Waals surface area contributed by atoms with Crippen molar-refractivity contribution in [2.24, 2.45) is 10.7 Å². The topological polar surface area (TPSA) is 58.7 Å². The molecule has 3 atom stereocenters.